The highest BCUT2D eigenvalue weighted by atomic mass is 19.3. The van der Waals surface area contributed by atoms with Crippen molar-refractivity contribution in [3.63, 3.8) is 0 Å². The molecule has 0 bridgehead atoms. The molecule has 1 aromatic heterocycles. The summed E-state index contributed by atoms with van der Waals surface area (Å²) in [5, 5.41) is 9.37. The molecular weight excluding hydrogens is 408 g/mol. The molecule has 7 nitrogen and oxygen atoms in total. The molecule has 3 aromatic rings. The van der Waals surface area contributed by atoms with Gasteiger partial charge in [0.1, 0.15) is 0 Å². The molecule has 3 rings (SSSR count). The van der Waals surface area contributed by atoms with Gasteiger partial charge in [-0.15, -0.1) is 0 Å². The predicted molar refractivity (Wildman–Crippen MR) is 110 cm³/mol. The van der Waals surface area contributed by atoms with Crippen molar-refractivity contribution in [2.45, 2.75) is 33.1 Å². The standard InChI is InChI=1S/C22H21F2N3O4/c1-14(2)30-20-11-18(6-7-19(20)31-22(23)24)27(13-16-12-25-8-9-26-16)17-5-3-4-15(10-17)21(28)29/h3-12,14,22H,13H2,1-2H3,(H,28,29). The lowest BCUT2D eigenvalue weighted by atomic mass is 10.1. The van der Waals surface area contributed by atoms with Gasteiger partial charge >= 0.3 is 12.6 Å². The average molecular weight is 429 g/mol. The van der Waals surface area contributed by atoms with Gasteiger partial charge in [0.05, 0.1) is 30.1 Å². The van der Waals surface area contributed by atoms with Gasteiger partial charge in [0.15, 0.2) is 11.5 Å². The number of carboxylic acid groups (broad SMARTS) is 1. The van der Waals surface area contributed by atoms with Crippen LogP contribution in [0.5, 0.6) is 11.5 Å². The minimum Gasteiger partial charge on any atom is -0.487 e. The fraction of sp³-hybridized carbons (Fsp3) is 0.227. The van der Waals surface area contributed by atoms with E-state index >= 15 is 0 Å². The van der Waals surface area contributed by atoms with Gasteiger partial charge in [-0.2, -0.15) is 8.78 Å². The Bertz CT molecular complexity index is 1030. The lowest BCUT2D eigenvalue weighted by molar-refractivity contribution is -0.0518. The zero-order chi connectivity index (χ0) is 22.4. The molecule has 0 unspecified atom stereocenters. The van der Waals surface area contributed by atoms with Crippen LogP contribution in [-0.4, -0.2) is 33.8 Å². The van der Waals surface area contributed by atoms with E-state index in [2.05, 4.69) is 14.7 Å². The largest absolute Gasteiger partial charge is 0.487 e. The molecule has 0 aliphatic rings. The number of ether oxygens (including phenoxy) is 2. The third-order valence-electron chi connectivity index (χ3n) is 4.16. The Kier molecular flexibility index (Phi) is 6.96. The van der Waals surface area contributed by atoms with Crippen LogP contribution in [0.4, 0.5) is 20.2 Å². The monoisotopic (exact) mass is 429 g/mol. The molecule has 1 heterocycles. The second-order valence-corrected chi connectivity index (χ2v) is 6.81. The van der Waals surface area contributed by atoms with Crippen molar-refractivity contribution in [1.29, 1.82) is 0 Å². The van der Waals surface area contributed by atoms with Crippen molar-refractivity contribution >= 4 is 17.3 Å². The molecule has 2 aromatic carbocycles. The van der Waals surface area contributed by atoms with Crippen LogP contribution in [0.2, 0.25) is 0 Å². The summed E-state index contributed by atoms with van der Waals surface area (Å²) in [6.07, 6.45) is 4.41. The first-order chi connectivity index (χ1) is 14.8. The highest BCUT2D eigenvalue weighted by molar-refractivity contribution is 5.89. The van der Waals surface area contributed by atoms with Crippen molar-refractivity contribution in [2.24, 2.45) is 0 Å². The number of aromatic nitrogens is 2. The Hall–Kier alpha value is -3.75. The molecular formula is C22H21F2N3O4. The first kappa shape index (κ1) is 21.9. The Labute approximate surface area is 177 Å². The summed E-state index contributed by atoms with van der Waals surface area (Å²) in [5.74, 6) is -1.01. The maximum atomic E-state index is 12.8. The molecule has 31 heavy (non-hydrogen) atoms. The molecule has 0 saturated carbocycles. The van der Waals surface area contributed by atoms with Crippen molar-refractivity contribution in [3.05, 3.63) is 72.3 Å². The van der Waals surface area contributed by atoms with E-state index < -0.39 is 12.6 Å². The molecule has 0 aliphatic carbocycles. The van der Waals surface area contributed by atoms with E-state index in [1.54, 1.807) is 61.6 Å². The van der Waals surface area contributed by atoms with E-state index in [1.165, 1.54) is 18.2 Å². The molecule has 0 spiro atoms. The van der Waals surface area contributed by atoms with Gasteiger partial charge in [-0.1, -0.05) is 6.07 Å². The number of hydrogen-bond acceptors (Lipinski definition) is 6. The first-order valence-electron chi connectivity index (χ1n) is 9.45. The lowest BCUT2D eigenvalue weighted by Gasteiger charge is -2.26. The van der Waals surface area contributed by atoms with Crippen LogP contribution in [0, 0.1) is 0 Å². The maximum Gasteiger partial charge on any atom is 0.387 e. The van der Waals surface area contributed by atoms with Crippen LogP contribution in [0.25, 0.3) is 0 Å². The smallest absolute Gasteiger partial charge is 0.387 e. The molecule has 1 N–H and O–H groups in total. The quantitative estimate of drug-likeness (QED) is 0.518. The highest BCUT2D eigenvalue weighted by Gasteiger charge is 2.18. The second kappa shape index (κ2) is 9.84. The summed E-state index contributed by atoms with van der Waals surface area (Å²) in [7, 11) is 0. The zero-order valence-electron chi connectivity index (χ0n) is 16.9. The van der Waals surface area contributed by atoms with Crippen LogP contribution in [0.3, 0.4) is 0 Å². The van der Waals surface area contributed by atoms with Gasteiger partial charge in [0.2, 0.25) is 0 Å². The number of halogens is 2. The molecule has 0 saturated heterocycles. The normalized spacial score (nSPS) is 10.9. The van der Waals surface area contributed by atoms with Gasteiger partial charge in [0.25, 0.3) is 0 Å². The molecule has 0 amide bonds. The van der Waals surface area contributed by atoms with Crippen molar-refractivity contribution in [1.82, 2.24) is 9.97 Å². The first-order valence-corrected chi connectivity index (χ1v) is 9.45. The minimum atomic E-state index is -3.00. The highest BCUT2D eigenvalue weighted by Crippen LogP contribution is 2.37. The van der Waals surface area contributed by atoms with E-state index in [0.717, 1.165) is 0 Å². The van der Waals surface area contributed by atoms with Crippen molar-refractivity contribution in [2.75, 3.05) is 4.90 Å². The molecule has 0 fully saturated rings. The summed E-state index contributed by atoms with van der Waals surface area (Å²) < 4.78 is 35.9. The summed E-state index contributed by atoms with van der Waals surface area (Å²) in [4.78, 5) is 21.6. The van der Waals surface area contributed by atoms with Gasteiger partial charge in [-0.3, -0.25) is 9.97 Å². The number of rotatable bonds is 9. The van der Waals surface area contributed by atoms with Gasteiger partial charge in [-0.25, -0.2) is 4.79 Å². The lowest BCUT2D eigenvalue weighted by Crippen LogP contribution is -2.18. The minimum absolute atomic E-state index is 0.0915. The van der Waals surface area contributed by atoms with Crippen LogP contribution >= 0.6 is 0 Å². The maximum absolute atomic E-state index is 12.8. The molecule has 162 valence electrons. The number of anilines is 2. The van der Waals surface area contributed by atoms with Crippen molar-refractivity contribution < 1.29 is 28.2 Å². The third kappa shape index (κ3) is 5.88. The summed E-state index contributed by atoms with van der Waals surface area (Å²) in [6, 6.07) is 10.9. The number of benzene rings is 2. The average Bonchev–Trinajstić information content (AvgIpc) is 2.73. The fourth-order valence-corrected chi connectivity index (χ4v) is 2.92. The summed E-state index contributed by atoms with van der Waals surface area (Å²) in [6.45, 7) is 0.801. The number of nitrogens with zero attached hydrogens (tertiary/aromatic N) is 3. The van der Waals surface area contributed by atoms with E-state index in [-0.39, 0.29) is 29.7 Å². The van der Waals surface area contributed by atoms with Crippen LogP contribution < -0.4 is 14.4 Å². The van der Waals surface area contributed by atoms with Gasteiger partial charge in [0, 0.05) is 29.8 Å². The predicted octanol–water partition coefficient (Wildman–Crippen LogP) is 4.90. The van der Waals surface area contributed by atoms with Crippen LogP contribution in [0.1, 0.15) is 29.9 Å². The summed E-state index contributed by atoms with van der Waals surface area (Å²) >= 11 is 0. The fourth-order valence-electron chi connectivity index (χ4n) is 2.92. The Balaban J connectivity index is 2.08. The number of hydrogen-bond donors (Lipinski definition) is 1. The van der Waals surface area contributed by atoms with Gasteiger partial charge in [-0.05, 0) is 44.2 Å². The Morgan fingerprint density at radius 3 is 2.48 bits per heavy atom. The van der Waals surface area contributed by atoms with Crippen LogP contribution in [0.15, 0.2) is 61.1 Å². The Morgan fingerprint density at radius 1 is 1.06 bits per heavy atom. The Morgan fingerprint density at radius 2 is 1.84 bits per heavy atom. The van der Waals surface area contributed by atoms with E-state index in [4.69, 9.17) is 4.74 Å². The van der Waals surface area contributed by atoms with Crippen LogP contribution in [-0.2, 0) is 6.54 Å². The molecule has 0 aliphatic heterocycles. The van der Waals surface area contributed by atoms with Gasteiger partial charge < -0.3 is 19.5 Å². The third-order valence-corrected chi connectivity index (χ3v) is 4.16. The number of carboxylic acids is 1. The summed E-state index contributed by atoms with van der Waals surface area (Å²) in [5.41, 5.74) is 1.88. The number of carbonyl (C=O) groups is 1. The molecule has 0 atom stereocenters. The SMILES string of the molecule is CC(C)Oc1cc(N(Cc2cnccn2)c2cccc(C(=O)O)c2)ccc1OC(F)F. The van der Waals surface area contributed by atoms with Crippen molar-refractivity contribution in [3.8, 4) is 11.5 Å². The topological polar surface area (TPSA) is 84.8 Å². The number of aromatic carboxylic acids is 1. The number of alkyl halides is 2. The molecule has 9 heteroatoms. The van der Waals surface area contributed by atoms with E-state index in [9.17, 15) is 18.7 Å². The zero-order valence-corrected chi connectivity index (χ0v) is 16.9. The molecule has 0 radical (unpaired) electrons. The van der Waals surface area contributed by atoms with E-state index in [0.29, 0.717) is 17.1 Å². The van der Waals surface area contributed by atoms with E-state index in [1.807, 2.05) is 0 Å². The second-order valence-electron chi connectivity index (χ2n) is 6.81.